The first-order valence-electron chi connectivity index (χ1n) is 11.6. The molecule has 1 aliphatic carbocycles. The van der Waals surface area contributed by atoms with Gasteiger partial charge in [0.1, 0.15) is 6.10 Å². The van der Waals surface area contributed by atoms with E-state index in [0.717, 1.165) is 50.9 Å². The number of piperidine rings is 1. The summed E-state index contributed by atoms with van der Waals surface area (Å²) in [7, 11) is 3.90. The van der Waals surface area contributed by atoms with E-state index in [0.29, 0.717) is 19.0 Å². The van der Waals surface area contributed by atoms with Crippen LogP contribution in [-0.4, -0.2) is 95.7 Å². The number of likely N-dealkylation sites (N-methyl/N-ethyl adjacent to an activating group) is 2. The minimum atomic E-state index is -5.08. The van der Waals surface area contributed by atoms with Gasteiger partial charge in [0.2, 0.25) is 5.91 Å². The molecule has 8 nitrogen and oxygen atoms in total. The Balaban J connectivity index is 0.000000429. The molecule has 35 heavy (non-hydrogen) atoms. The zero-order valence-electron chi connectivity index (χ0n) is 20.0. The molecule has 0 aromatic heterocycles. The Morgan fingerprint density at radius 2 is 1.71 bits per heavy atom. The lowest BCUT2D eigenvalue weighted by molar-refractivity contribution is -0.192. The van der Waals surface area contributed by atoms with Gasteiger partial charge in [-0.3, -0.25) is 9.59 Å². The Hall–Kier alpha value is -2.66. The zero-order valence-corrected chi connectivity index (χ0v) is 20.0. The van der Waals surface area contributed by atoms with Crippen LogP contribution in [0.4, 0.5) is 13.2 Å². The molecule has 1 atom stereocenters. The normalized spacial score (nSPS) is 22.2. The fourth-order valence-electron chi connectivity index (χ4n) is 4.52. The third-order valence-electron chi connectivity index (χ3n) is 6.50. The van der Waals surface area contributed by atoms with Crippen LogP contribution in [0.5, 0.6) is 0 Å². The molecule has 1 aromatic rings. The van der Waals surface area contributed by atoms with E-state index in [1.165, 1.54) is 0 Å². The minimum absolute atomic E-state index is 0.0336. The minimum Gasteiger partial charge on any atom is -0.475 e. The molecular formula is C24H32F3N3O5. The van der Waals surface area contributed by atoms with Crippen LogP contribution in [0.3, 0.4) is 0 Å². The van der Waals surface area contributed by atoms with Crippen molar-refractivity contribution in [3.8, 4) is 0 Å². The van der Waals surface area contributed by atoms with E-state index in [1.54, 1.807) is 4.90 Å². The number of amides is 2. The van der Waals surface area contributed by atoms with Crippen molar-refractivity contribution in [3.63, 3.8) is 0 Å². The Kier molecular flexibility index (Phi) is 8.42. The number of nitrogens with zero attached hydrogens (tertiary/aromatic N) is 3. The van der Waals surface area contributed by atoms with Gasteiger partial charge >= 0.3 is 12.1 Å². The maximum absolute atomic E-state index is 13.1. The van der Waals surface area contributed by atoms with Gasteiger partial charge in [-0.1, -0.05) is 30.3 Å². The number of rotatable bonds is 4. The van der Waals surface area contributed by atoms with Crippen molar-refractivity contribution in [1.29, 1.82) is 0 Å². The van der Waals surface area contributed by atoms with Crippen molar-refractivity contribution in [3.05, 3.63) is 35.9 Å². The first kappa shape index (κ1) is 26.9. The van der Waals surface area contributed by atoms with Crippen molar-refractivity contribution in [1.82, 2.24) is 14.7 Å². The van der Waals surface area contributed by atoms with Crippen LogP contribution in [-0.2, 0) is 25.7 Å². The van der Waals surface area contributed by atoms with Gasteiger partial charge in [0, 0.05) is 45.7 Å². The monoisotopic (exact) mass is 499 g/mol. The van der Waals surface area contributed by atoms with Gasteiger partial charge in [-0.25, -0.2) is 4.79 Å². The largest absolute Gasteiger partial charge is 0.490 e. The predicted molar refractivity (Wildman–Crippen MR) is 120 cm³/mol. The number of halogens is 3. The van der Waals surface area contributed by atoms with Crippen molar-refractivity contribution in [2.45, 2.75) is 50.1 Å². The van der Waals surface area contributed by atoms with Gasteiger partial charge in [0.05, 0.1) is 5.60 Å². The number of hydrogen-bond acceptors (Lipinski definition) is 5. The van der Waals surface area contributed by atoms with Gasteiger partial charge < -0.3 is 24.5 Å². The second kappa shape index (κ2) is 10.9. The van der Waals surface area contributed by atoms with E-state index in [1.807, 2.05) is 42.3 Å². The molecule has 2 saturated heterocycles. The number of ether oxygens (including phenoxy) is 1. The lowest BCUT2D eigenvalue weighted by Crippen LogP contribution is -2.62. The van der Waals surface area contributed by atoms with Gasteiger partial charge in [-0.15, -0.1) is 0 Å². The van der Waals surface area contributed by atoms with Crippen LogP contribution in [0, 0.1) is 5.92 Å². The summed E-state index contributed by atoms with van der Waals surface area (Å²) in [5.41, 5.74) is 0.797. The number of benzene rings is 1. The van der Waals surface area contributed by atoms with Gasteiger partial charge in [0.15, 0.2) is 0 Å². The zero-order chi connectivity index (χ0) is 25.8. The Bertz CT molecular complexity index is 899. The number of alkyl halides is 3. The molecule has 1 saturated carbocycles. The summed E-state index contributed by atoms with van der Waals surface area (Å²) < 4.78 is 38.2. The third-order valence-corrected chi connectivity index (χ3v) is 6.50. The second-order valence-electron chi connectivity index (χ2n) is 9.57. The maximum Gasteiger partial charge on any atom is 0.490 e. The molecule has 0 radical (unpaired) electrons. The molecule has 2 aliphatic heterocycles. The number of hydrogen-bond donors (Lipinski definition) is 1. The molecule has 1 spiro atoms. The first-order valence-corrected chi connectivity index (χ1v) is 11.6. The highest BCUT2D eigenvalue weighted by atomic mass is 19.4. The van der Waals surface area contributed by atoms with Crippen molar-refractivity contribution in [2.24, 2.45) is 5.92 Å². The molecule has 3 aliphatic rings. The number of carboxylic acid groups (broad SMARTS) is 1. The smallest absolute Gasteiger partial charge is 0.475 e. The van der Waals surface area contributed by atoms with E-state index < -0.39 is 18.2 Å². The van der Waals surface area contributed by atoms with Crippen LogP contribution >= 0.6 is 0 Å². The summed E-state index contributed by atoms with van der Waals surface area (Å²) in [4.78, 5) is 40.3. The predicted octanol–water partition coefficient (Wildman–Crippen LogP) is 2.38. The van der Waals surface area contributed by atoms with E-state index in [2.05, 4.69) is 11.9 Å². The summed E-state index contributed by atoms with van der Waals surface area (Å²) in [6.07, 6.45) is -1.82. The quantitative estimate of drug-likeness (QED) is 0.684. The Morgan fingerprint density at radius 3 is 2.23 bits per heavy atom. The van der Waals surface area contributed by atoms with E-state index in [4.69, 9.17) is 14.6 Å². The summed E-state index contributed by atoms with van der Waals surface area (Å²) in [6.45, 7) is 3.50. The van der Waals surface area contributed by atoms with Crippen LogP contribution in [0.2, 0.25) is 0 Å². The summed E-state index contributed by atoms with van der Waals surface area (Å²) in [5, 5.41) is 7.12. The van der Waals surface area contributed by atoms with Crippen LogP contribution in [0.25, 0.3) is 0 Å². The number of carbonyl (C=O) groups excluding carboxylic acids is 2. The number of morpholine rings is 1. The van der Waals surface area contributed by atoms with Crippen LogP contribution in [0.1, 0.15) is 31.2 Å². The Labute approximate surface area is 202 Å². The molecule has 2 amide bonds. The average molecular weight is 500 g/mol. The van der Waals surface area contributed by atoms with E-state index >= 15 is 0 Å². The third kappa shape index (κ3) is 7.41. The number of aliphatic carboxylic acids is 1. The molecule has 2 heterocycles. The average Bonchev–Trinajstić information content (AvgIpc) is 3.64. The lowest BCUT2D eigenvalue weighted by Gasteiger charge is -2.49. The summed E-state index contributed by atoms with van der Waals surface area (Å²) >= 11 is 0. The highest BCUT2D eigenvalue weighted by Crippen LogP contribution is 2.36. The second-order valence-corrected chi connectivity index (χ2v) is 9.57. The fourth-order valence-corrected chi connectivity index (χ4v) is 4.52. The van der Waals surface area contributed by atoms with Crippen molar-refractivity contribution >= 4 is 17.8 Å². The molecule has 1 N–H and O–H groups in total. The highest BCUT2D eigenvalue weighted by Gasteiger charge is 2.46. The Morgan fingerprint density at radius 1 is 1.14 bits per heavy atom. The molecule has 194 valence electrons. The molecular weight excluding hydrogens is 467 g/mol. The van der Waals surface area contributed by atoms with E-state index in [-0.39, 0.29) is 17.4 Å². The van der Waals surface area contributed by atoms with Crippen LogP contribution in [0.15, 0.2) is 30.3 Å². The fraction of sp³-hybridized carbons (Fsp3) is 0.625. The van der Waals surface area contributed by atoms with Crippen LogP contribution < -0.4 is 0 Å². The molecule has 1 aromatic carbocycles. The molecule has 0 bridgehead atoms. The number of carbonyl (C=O) groups is 3. The first-order chi connectivity index (χ1) is 16.4. The van der Waals surface area contributed by atoms with Gasteiger partial charge in [-0.2, -0.15) is 13.2 Å². The number of carboxylic acids is 1. The molecule has 4 rings (SSSR count). The molecule has 1 unspecified atom stereocenters. The standard InChI is InChI=1S/C22H31N3O3.C2HF3O2/c1-23-15-19(21(27)24(2)14-17-6-4-3-5-7-17)28-22(16-23)10-12-25(13-11-22)20(26)18-8-9-18;3-2(4,5)1(6)7/h3-7,18-19H,8-16H2,1-2H3;(H,6,7). The van der Waals surface area contributed by atoms with Gasteiger partial charge in [-0.05, 0) is 38.3 Å². The SMILES string of the molecule is CN1CC(C(=O)N(C)Cc2ccccc2)OC2(CCN(C(=O)C3CC3)CC2)C1.O=C(O)C(F)(F)F. The maximum atomic E-state index is 13.1. The van der Waals surface area contributed by atoms with Crippen molar-refractivity contribution in [2.75, 3.05) is 40.3 Å². The highest BCUT2D eigenvalue weighted by molar-refractivity contribution is 5.82. The van der Waals surface area contributed by atoms with Gasteiger partial charge in [0.25, 0.3) is 5.91 Å². The molecule has 11 heteroatoms. The lowest BCUT2D eigenvalue weighted by atomic mass is 9.88. The van der Waals surface area contributed by atoms with E-state index in [9.17, 15) is 22.8 Å². The molecule has 3 fully saturated rings. The van der Waals surface area contributed by atoms with Crippen molar-refractivity contribution < 1.29 is 37.4 Å². The summed E-state index contributed by atoms with van der Waals surface area (Å²) in [6, 6.07) is 10.0. The number of likely N-dealkylation sites (tertiary alicyclic amines) is 1. The summed E-state index contributed by atoms with van der Waals surface area (Å²) in [5.74, 6) is -2.14. The topological polar surface area (TPSA) is 90.4 Å².